The smallest absolute Gasteiger partial charge is 0.288 e. The van der Waals surface area contributed by atoms with Crippen LogP contribution in [0.15, 0.2) is 54.6 Å². The molecule has 2 aliphatic rings. The van der Waals surface area contributed by atoms with Gasteiger partial charge in [0.1, 0.15) is 5.82 Å². The van der Waals surface area contributed by atoms with Gasteiger partial charge >= 0.3 is 6.03 Å². The Labute approximate surface area is 160 Å². The summed E-state index contributed by atoms with van der Waals surface area (Å²) < 4.78 is 14.1. The second-order valence-electron chi connectivity index (χ2n) is 7.45. The SMILES string of the molecule is O=C1N(c2ccccc2F)CCN1N1CCC[C@@H](CCc2ccccc2)C1. The molecule has 0 bridgehead atoms. The summed E-state index contributed by atoms with van der Waals surface area (Å²) in [7, 11) is 0. The standard InChI is InChI=1S/C22H26FN3O/c23-20-10-4-5-11-21(20)25-15-16-26(22(25)27)24-14-6-9-19(17-24)13-12-18-7-2-1-3-8-18/h1-5,7-8,10-11,19H,6,9,12-17H2/t19-/m0/s1. The highest BCUT2D eigenvalue weighted by Gasteiger charge is 2.36. The molecule has 4 nitrogen and oxygen atoms in total. The van der Waals surface area contributed by atoms with Crippen LogP contribution >= 0.6 is 0 Å². The van der Waals surface area contributed by atoms with Crippen LogP contribution in [0.4, 0.5) is 14.9 Å². The lowest BCUT2D eigenvalue weighted by Crippen LogP contribution is -2.50. The second kappa shape index (κ2) is 8.09. The minimum absolute atomic E-state index is 0.108. The van der Waals surface area contributed by atoms with Crippen molar-refractivity contribution in [2.45, 2.75) is 25.7 Å². The molecule has 0 N–H and O–H groups in total. The molecule has 5 heteroatoms. The molecular weight excluding hydrogens is 341 g/mol. The first-order valence-electron chi connectivity index (χ1n) is 9.85. The van der Waals surface area contributed by atoms with E-state index >= 15 is 0 Å². The van der Waals surface area contributed by atoms with Gasteiger partial charge in [-0.25, -0.2) is 14.2 Å². The molecule has 2 amide bonds. The Hall–Kier alpha value is -2.40. The van der Waals surface area contributed by atoms with Crippen molar-refractivity contribution in [1.82, 2.24) is 10.0 Å². The first-order chi connectivity index (χ1) is 13.2. The van der Waals surface area contributed by atoms with E-state index in [0.717, 1.165) is 32.4 Å². The number of anilines is 1. The maximum atomic E-state index is 14.1. The molecule has 27 heavy (non-hydrogen) atoms. The lowest BCUT2D eigenvalue weighted by molar-refractivity contribution is -0.00551. The fourth-order valence-corrected chi connectivity index (χ4v) is 4.20. The maximum Gasteiger partial charge on any atom is 0.339 e. The first-order valence-corrected chi connectivity index (χ1v) is 9.85. The van der Waals surface area contributed by atoms with Gasteiger partial charge in [-0.2, -0.15) is 0 Å². The third-order valence-corrected chi connectivity index (χ3v) is 5.65. The highest BCUT2D eigenvalue weighted by Crippen LogP contribution is 2.28. The summed E-state index contributed by atoms with van der Waals surface area (Å²) in [6.45, 7) is 2.96. The van der Waals surface area contributed by atoms with Gasteiger partial charge in [-0.3, -0.25) is 9.91 Å². The molecule has 2 fully saturated rings. The Bertz CT molecular complexity index is 782. The number of urea groups is 1. The van der Waals surface area contributed by atoms with Crippen LogP contribution in [0.2, 0.25) is 0 Å². The van der Waals surface area contributed by atoms with Gasteiger partial charge in [0, 0.05) is 19.6 Å². The van der Waals surface area contributed by atoms with Crippen molar-refractivity contribution in [3.05, 3.63) is 66.0 Å². The fraction of sp³-hybridized carbons (Fsp3) is 0.409. The minimum atomic E-state index is -0.341. The quantitative estimate of drug-likeness (QED) is 0.787. The topological polar surface area (TPSA) is 26.8 Å². The molecule has 2 aliphatic heterocycles. The van der Waals surface area contributed by atoms with Crippen LogP contribution in [-0.4, -0.2) is 42.2 Å². The summed E-state index contributed by atoms with van der Waals surface area (Å²) in [6.07, 6.45) is 4.53. The summed E-state index contributed by atoms with van der Waals surface area (Å²) in [5, 5.41) is 4.00. The van der Waals surface area contributed by atoms with Gasteiger partial charge in [0.2, 0.25) is 0 Å². The average Bonchev–Trinajstić information content (AvgIpc) is 3.09. The first kappa shape index (κ1) is 18.0. The number of benzene rings is 2. The third kappa shape index (κ3) is 3.98. The number of piperidine rings is 1. The Balaban J connectivity index is 1.37. The van der Waals surface area contributed by atoms with Crippen LogP contribution in [0.1, 0.15) is 24.8 Å². The van der Waals surface area contributed by atoms with E-state index in [9.17, 15) is 9.18 Å². The van der Waals surface area contributed by atoms with E-state index in [0.29, 0.717) is 24.7 Å². The molecule has 4 rings (SSSR count). The molecule has 0 spiro atoms. The van der Waals surface area contributed by atoms with Crippen molar-refractivity contribution >= 4 is 11.7 Å². The molecule has 2 aromatic rings. The van der Waals surface area contributed by atoms with Gasteiger partial charge in [0.05, 0.1) is 12.2 Å². The van der Waals surface area contributed by atoms with Crippen molar-refractivity contribution in [2.24, 2.45) is 5.92 Å². The predicted octanol–water partition coefficient (Wildman–Crippen LogP) is 4.33. The Morgan fingerprint density at radius 3 is 2.56 bits per heavy atom. The normalized spacial score (nSPS) is 21.1. The molecule has 0 saturated carbocycles. The van der Waals surface area contributed by atoms with Gasteiger partial charge < -0.3 is 0 Å². The number of aryl methyl sites for hydroxylation is 1. The van der Waals surface area contributed by atoms with E-state index in [1.807, 2.05) is 11.1 Å². The van der Waals surface area contributed by atoms with E-state index in [-0.39, 0.29) is 11.8 Å². The number of para-hydroxylation sites is 1. The average molecular weight is 367 g/mol. The van der Waals surface area contributed by atoms with Gasteiger partial charge in [-0.1, -0.05) is 42.5 Å². The molecular formula is C22H26FN3O. The van der Waals surface area contributed by atoms with Gasteiger partial charge in [-0.05, 0) is 49.3 Å². The summed E-state index contributed by atoms with van der Waals surface area (Å²) in [6, 6.07) is 17.0. The van der Waals surface area contributed by atoms with Gasteiger partial charge in [0.25, 0.3) is 0 Å². The van der Waals surface area contributed by atoms with Crippen LogP contribution in [0.25, 0.3) is 0 Å². The monoisotopic (exact) mass is 367 g/mol. The zero-order valence-corrected chi connectivity index (χ0v) is 15.6. The van der Waals surface area contributed by atoms with E-state index in [4.69, 9.17) is 0 Å². The highest BCUT2D eigenvalue weighted by molar-refractivity contribution is 5.93. The number of halogens is 1. The molecule has 0 radical (unpaired) electrons. The molecule has 0 aliphatic carbocycles. The van der Waals surface area contributed by atoms with E-state index in [1.54, 1.807) is 23.1 Å². The number of hydrogen-bond acceptors (Lipinski definition) is 2. The van der Waals surface area contributed by atoms with Crippen molar-refractivity contribution in [1.29, 1.82) is 0 Å². The lowest BCUT2D eigenvalue weighted by Gasteiger charge is -2.38. The number of hydrogen-bond donors (Lipinski definition) is 0. The van der Waals surface area contributed by atoms with Crippen LogP contribution < -0.4 is 4.90 Å². The third-order valence-electron chi connectivity index (χ3n) is 5.65. The van der Waals surface area contributed by atoms with Gasteiger partial charge in [-0.15, -0.1) is 0 Å². The zero-order chi connectivity index (χ0) is 18.6. The molecule has 1 atom stereocenters. The van der Waals surface area contributed by atoms with E-state index < -0.39 is 0 Å². The number of rotatable bonds is 5. The molecule has 142 valence electrons. The van der Waals surface area contributed by atoms with Crippen LogP contribution in [0, 0.1) is 11.7 Å². The Morgan fingerprint density at radius 1 is 0.963 bits per heavy atom. The summed E-state index contributed by atoms with van der Waals surface area (Å²) in [5.74, 6) is 0.251. The predicted molar refractivity (Wildman–Crippen MR) is 105 cm³/mol. The zero-order valence-electron chi connectivity index (χ0n) is 15.6. The molecule has 0 aromatic heterocycles. The lowest BCUT2D eigenvalue weighted by atomic mass is 9.92. The fourth-order valence-electron chi connectivity index (χ4n) is 4.20. The Kier molecular flexibility index (Phi) is 5.39. The van der Waals surface area contributed by atoms with E-state index in [1.165, 1.54) is 18.1 Å². The van der Waals surface area contributed by atoms with Crippen molar-refractivity contribution in [2.75, 3.05) is 31.1 Å². The van der Waals surface area contributed by atoms with Crippen molar-refractivity contribution < 1.29 is 9.18 Å². The molecule has 2 heterocycles. The van der Waals surface area contributed by atoms with E-state index in [2.05, 4.69) is 29.3 Å². The van der Waals surface area contributed by atoms with Gasteiger partial charge in [0.15, 0.2) is 0 Å². The number of carbonyl (C=O) groups is 1. The minimum Gasteiger partial charge on any atom is -0.288 e. The summed E-state index contributed by atoms with van der Waals surface area (Å²) in [5.41, 5.74) is 1.75. The van der Waals surface area contributed by atoms with Crippen LogP contribution in [0.3, 0.4) is 0 Å². The largest absolute Gasteiger partial charge is 0.339 e. The summed E-state index contributed by atoms with van der Waals surface area (Å²) in [4.78, 5) is 14.4. The van der Waals surface area contributed by atoms with Crippen LogP contribution in [-0.2, 0) is 6.42 Å². The number of nitrogens with zero attached hydrogens (tertiary/aromatic N) is 3. The second-order valence-corrected chi connectivity index (χ2v) is 7.45. The maximum absolute atomic E-state index is 14.1. The molecule has 2 saturated heterocycles. The van der Waals surface area contributed by atoms with Crippen molar-refractivity contribution in [3.8, 4) is 0 Å². The summed E-state index contributed by atoms with van der Waals surface area (Å²) >= 11 is 0. The Morgan fingerprint density at radius 2 is 1.74 bits per heavy atom. The van der Waals surface area contributed by atoms with Crippen molar-refractivity contribution in [3.63, 3.8) is 0 Å². The molecule has 2 aromatic carbocycles. The molecule has 0 unspecified atom stereocenters. The number of amides is 2. The van der Waals surface area contributed by atoms with Crippen LogP contribution in [0.5, 0.6) is 0 Å². The highest BCUT2D eigenvalue weighted by atomic mass is 19.1. The number of hydrazine groups is 1. The number of carbonyl (C=O) groups excluding carboxylic acids is 1.